The van der Waals surface area contributed by atoms with Gasteiger partial charge in [0.1, 0.15) is 18.3 Å². The molecule has 25 heavy (non-hydrogen) atoms. The fourth-order valence-corrected chi connectivity index (χ4v) is 3.63. The Hall–Kier alpha value is -1.58. The van der Waals surface area contributed by atoms with E-state index in [9.17, 15) is 0 Å². The Labute approximate surface area is 150 Å². The SMILES string of the molecule is CO[C@@H]1OC(c2n[nH]c(=S)n2Cc2ccccc2)[C@H]2OC(C)(C)O[C@@H]12. The fourth-order valence-electron chi connectivity index (χ4n) is 3.42. The number of aromatic nitrogens is 3. The molecule has 0 radical (unpaired) electrons. The van der Waals surface area contributed by atoms with Crippen molar-refractivity contribution >= 4 is 12.2 Å². The lowest BCUT2D eigenvalue weighted by atomic mass is 10.1. The molecule has 8 heteroatoms. The number of hydrogen-bond donors (Lipinski definition) is 1. The summed E-state index contributed by atoms with van der Waals surface area (Å²) in [7, 11) is 1.60. The number of fused-ring (bicyclic) bond motifs is 1. The number of hydrogen-bond acceptors (Lipinski definition) is 6. The number of nitrogens with one attached hydrogen (secondary N) is 1. The van der Waals surface area contributed by atoms with Crippen molar-refractivity contribution in [1.29, 1.82) is 0 Å². The third-order valence-electron chi connectivity index (χ3n) is 4.47. The summed E-state index contributed by atoms with van der Waals surface area (Å²) in [6.07, 6.45) is -1.54. The molecule has 0 saturated carbocycles. The van der Waals surface area contributed by atoms with Crippen molar-refractivity contribution in [2.24, 2.45) is 0 Å². The number of rotatable bonds is 4. The van der Waals surface area contributed by atoms with Crippen LogP contribution in [0.15, 0.2) is 30.3 Å². The lowest BCUT2D eigenvalue weighted by Gasteiger charge is -2.23. The van der Waals surface area contributed by atoms with E-state index in [1.165, 1.54) is 0 Å². The zero-order valence-electron chi connectivity index (χ0n) is 14.3. The van der Waals surface area contributed by atoms with Crippen LogP contribution < -0.4 is 0 Å². The Morgan fingerprint density at radius 1 is 1.24 bits per heavy atom. The second-order valence-corrected chi connectivity index (χ2v) is 7.07. The van der Waals surface area contributed by atoms with Crippen LogP contribution in [0.2, 0.25) is 0 Å². The first-order valence-corrected chi connectivity index (χ1v) is 8.62. The van der Waals surface area contributed by atoms with Gasteiger partial charge in [0.2, 0.25) is 0 Å². The summed E-state index contributed by atoms with van der Waals surface area (Å²) in [5.74, 6) is -0.00407. The highest BCUT2D eigenvalue weighted by atomic mass is 32.1. The molecule has 0 spiro atoms. The van der Waals surface area contributed by atoms with Crippen molar-refractivity contribution in [3.05, 3.63) is 46.5 Å². The summed E-state index contributed by atoms with van der Waals surface area (Å²) in [5, 5.41) is 7.27. The van der Waals surface area contributed by atoms with E-state index in [2.05, 4.69) is 10.2 Å². The molecular formula is C17H21N3O4S. The van der Waals surface area contributed by atoms with Crippen LogP contribution >= 0.6 is 12.2 Å². The molecule has 3 heterocycles. The lowest BCUT2D eigenvalue weighted by Crippen LogP contribution is -2.30. The molecule has 1 N–H and O–H groups in total. The average Bonchev–Trinajstić information content (AvgIpc) is 3.20. The topological polar surface area (TPSA) is 70.5 Å². The molecule has 1 aromatic heterocycles. The summed E-state index contributed by atoms with van der Waals surface area (Å²) < 4.78 is 25.9. The molecule has 2 saturated heterocycles. The molecule has 2 aliphatic heterocycles. The summed E-state index contributed by atoms with van der Waals surface area (Å²) in [5.41, 5.74) is 1.13. The van der Waals surface area contributed by atoms with Gasteiger partial charge in [0.05, 0.1) is 6.54 Å². The number of nitrogens with zero attached hydrogens (tertiary/aromatic N) is 2. The Balaban J connectivity index is 1.67. The summed E-state index contributed by atoms with van der Waals surface area (Å²) in [6, 6.07) is 10.1. The van der Waals surface area contributed by atoms with E-state index in [0.717, 1.165) is 5.56 Å². The number of H-pyrrole nitrogens is 1. The van der Waals surface area contributed by atoms with E-state index in [4.69, 9.17) is 31.2 Å². The molecule has 0 amide bonds. The van der Waals surface area contributed by atoms with Gasteiger partial charge in [-0.3, -0.25) is 9.67 Å². The highest BCUT2D eigenvalue weighted by molar-refractivity contribution is 7.71. The standard InChI is InChI=1S/C17H21N3O4S/c1-17(2)23-11-12(22-15(21-3)13(11)24-17)14-18-19-16(25)20(14)9-10-7-5-4-6-8-10/h4-8,11-13,15H,9H2,1-3H3,(H,19,25)/t11-,12?,13-,15-/m1/s1. The van der Waals surface area contributed by atoms with Gasteiger partial charge < -0.3 is 18.9 Å². The van der Waals surface area contributed by atoms with Crippen molar-refractivity contribution in [2.75, 3.05) is 7.11 Å². The number of ether oxygens (including phenoxy) is 4. The highest BCUT2D eigenvalue weighted by Gasteiger charge is 2.57. The monoisotopic (exact) mass is 363 g/mol. The molecule has 2 aromatic rings. The first-order valence-electron chi connectivity index (χ1n) is 8.21. The largest absolute Gasteiger partial charge is 0.353 e. The van der Waals surface area contributed by atoms with Crippen LogP contribution in [0.4, 0.5) is 0 Å². The van der Waals surface area contributed by atoms with Gasteiger partial charge in [0.25, 0.3) is 0 Å². The number of methoxy groups -OCH3 is 1. The summed E-state index contributed by atoms with van der Waals surface area (Å²) in [4.78, 5) is 0. The average molecular weight is 363 g/mol. The van der Waals surface area contributed by atoms with Crippen LogP contribution in [0.5, 0.6) is 0 Å². The molecule has 4 atom stereocenters. The van der Waals surface area contributed by atoms with Crippen molar-refractivity contribution in [1.82, 2.24) is 14.8 Å². The van der Waals surface area contributed by atoms with Gasteiger partial charge in [-0.1, -0.05) is 30.3 Å². The minimum absolute atomic E-state index is 0.305. The normalized spacial score (nSPS) is 30.5. The summed E-state index contributed by atoms with van der Waals surface area (Å²) in [6.45, 7) is 4.37. The highest BCUT2D eigenvalue weighted by Crippen LogP contribution is 2.44. The van der Waals surface area contributed by atoms with Gasteiger partial charge in [-0.05, 0) is 31.6 Å². The Morgan fingerprint density at radius 2 is 1.96 bits per heavy atom. The Bertz CT molecular complexity index is 804. The second kappa shape index (κ2) is 6.30. The van der Waals surface area contributed by atoms with E-state index in [1.54, 1.807) is 7.11 Å². The van der Waals surface area contributed by atoms with Gasteiger partial charge >= 0.3 is 0 Å². The Kier molecular flexibility index (Phi) is 4.25. The first kappa shape index (κ1) is 16.9. The molecule has 0 bridgehead atoms. The molecule has 134 valence electrons. The third-order valence-corrected chi connectivity index (χ3v) is 4.78. The minimum atomic E-state index is -0.689. The van der Waals surface area contributed by atoms with Crippen LogP contribution in [0, 0.1) is 4.77 Å². The predicted molar refractivity (Wildman–Crippen MR) is 91.4 cm³/mol. The molecule has 7 nitrogen and oxygen atoms in total. The van der Waals surface area contributed by atoms with E-state index in [-0.39, 0.29) is 12.2 Å². The fraction of sp³-hybridized carbons (Fsp3) is 0.529. The van der Waals surface area contributed by atoms with E-state index < -0.39 is 18.2 Å². The predicted octanol–water partition coefficient (Wildman–Crippen LogP) is 2.55. The minimum Gasteiger partial charge on any atom is -0.353 e. The number of aromatic amines is 1. The van der Waals surface area contributed by atoms with Crippen LogP contribution in [0.25, 0.3) is 0 Å². The quantitative estimate of drug-likeness (QED) is 0.842. The van der Waals surface area contributed by atoms with Crippen LogP contribution in [0.3, 0.4) is 0 Å². The van der Waals surface area contributed by atoms with E-state index in [0.29, 0.717) is 17.1 Å². The number of benzene rings is 1. The first-order chi connectivity index (χ1) is 12.0. The van der Waals surface area contributed by atoms with Crippen molar-refractivity contribution in [3.63, 3.8) is 0 Å². The maximum atomic E-state index is 6.06. The lowest BCUT2D eigenvalue weighted by molar-refractivity contribution is -0.229. The maximum Gasteiger partial charge on any atom is 0.195 e. The van der Waals surface area contributed by atoms with Gasteiger partial charge in [-0.2, -0.15) is 5.10 Å². The smallest absolute Gasteiger partial charge is 0.195 e. The van der Waals surface area contributed by atoms with Gasteiger partial charge in [0, 0.05) is 7.11 Å². The van der Waals surface area contributed by atoms with Crippen molar-refractivity contribution in [3.8, 4) is 0 Å². The molecular weight excluding hydrogens is 342 g/mol. The van der Waals surface area contributed by atoms with Crippen LogP contribution in [0.1, 0.15) is 31.3 Å². The molecule has 0 aliphatic carbocycles. The molecule has 1 unspecified atom stereocenters. The summed E-state index contributed by atoms with van der Waals surface area (Å²) >= 11 is 5.42. The van der Waals surface area contributed by atoms with Gasteiger partial charge in [-0.25, -0.2) is 0 Å². The zero-order valence-corrected chi connectivity index (χ0v) is 15.2. The van der Waals surface area contributed by atoms with Crippen molar-refractivity contribution in [2.45, 2.75) is 50.8 Å². The molecule has 2 aliphatic rings. The molecule has 2 fully saturated rings. The van der Waals surface area contributed by atoms with Gasteiger partial charge in [-0.15, -0.1) is 0 Å². The van der Waals surface area contributed by atoms with E-state index in [1.807, 2.05) is 48.7 Å². The Morgan fingerprint density at radius 3 is 2.68 bits per heavy atom. The van der Waals surface area contributed by atoms with Crippen LogP contribution in [-0.2, 0) is 25.5 Å². The zero-order chi connectivity index (χ0) is 17.6. The molecule has 4 rings (SSSR count). The second-order valence-electron chi connectivity index (χ2n) is 6.68. The van der Waals surface area contributed by atoms with Crippen LogP contribution in [-0.4, -0.2) is 46.2 Å². The molecule has 1 aromatic carbocycles. The van der Waals surface area contributed by atoms with E-state index >= 15 is 0 Å². The maximum absolute atomic E-state index is 6.06. The van der Waals surface area contributed by atoms with Crippen molar-refractivity contribution < 1.29 is 18.9 Å². The van der Waals surface area contributed by atoms with Gasteiger partial charge in [0.15, 0.2) is 22.7 Å². The third kappa shape index (κ3) is 3.04.